The van der Waals surface area contributed by atoms with Crippen molar-refractivity contribution >= 4 is 11.8 Å². The van der Waals surface area contributed by atoms with E-state index < -0.39 is 6.04 Å². The lowest BCUT2D eigenvalue weighted by atomic mass is 9.97. The summed E-state index contributed by atoms with van der Waals surface area (Å²) >= 11 is 0. The first-order valence-corrected chi connectivity index (χ1v) is 7.79. The molecule has 0 aromatic heterocycles. The summed E-state index contributed by atoms with van der Waals surface area (Å²) in [7, 11) is 0. The number of nitrogens with zero attached hydrogens (tertiary/aromatic N) is 1. The number of carbonyl (C=O) groups is 2. The number of rotatable bonds is 2. The molecular weight excluding hydrogens is 288 g/mol. The van der Waals surface area contributed by atoms with Gasteiger partial charge in [0.1, 0.15) is 6.04 Å². The van der Waals surface area contributed by atoms with Gasteiger partial charge in [-0.05, 0) is 37.1 Å². The molecule has 1 saturated heterocycles. The third kappa shape index (κ3) is 2.97. The SMILES string of the molecule is Cc1cccc(C(=O)N2CCNC(=O)C2c2ccccc2C)c1. The van der Waals surface area contributed by atoms with Gasteiger partial charge in [0.15, 0.2) is 0 Å². The van der Waals surface area contributed by atoms with Gasteiger partial charge < -0.3 is 10.2 Å². The van der Waals surface area contributed by atoms with E-state index >= 15 is 0 Å². The van der Waals surface area contributed by atoms with Crippen LogP contribution in [0.2, 0.25) is 0 Å². The zero-order valence-electron chi connectivity index (χ0n) is 13.4. The monoisotopic (exact) mass is 308 g/mol. The molecule has 1 heterocycles. The summed E-state index contributed by atoms with van der Waals surface area (Å²) in [5.74, 6) is -0.219. The first-order chi connectivity index (χ1) is 11.1. The van der Waals surface area contributed by atoms with Crippen molar-refractivity contribution in [2.75, 3.05) is 13.1 Å². The maximum atomic E-state index is 12.9. The van der Waals surface area contributed by atoms with Gasteiger partial charge in [0, 0.05) is 18.7 Å². The van der Waals surface area contributed by atoms with Crippen LogP contribution in [0.15, 0.2) is 48.5 Å². The molecule has 1 aliphatic heterocycles. The van der Waals surface area contributed by atoms with Gasteiger partial charge >= 0.3 is 0 Å². The third-order valence-corrected chi connectivity index (χ3v) is 4.22. The summed E-state index contributed by atoms with van der Waals surface area (Å²) in [6.07, 6.45) is 0. The van der Waals surface area contributed by atoms with Crippen molar-refractivity contribution in [3.8, 4) is 0 Å². The van der Waals surface area contributed by atoms with Gasteiger partial charge in [-0.15, -0.1) is 0 Å². The molecule has 4 heteroatoms. The molecule has 118 valence electrons. The highest BCUT2D eigenvalue weighted by Gasteiger charge is 2.35. The highest BCUT2D eigenvalue weighted by atomic mass is 16.2. The number of hydrogen-bond acceptors (Lipinski definition) is 2. The van der Waals surface area contributed by atoms with E-state index in [2.05, 4.69) is 5.32 Å². The molecule has 0 spiro atoms. The predicted octanol–water partition coefficient (Wildman–Crippen LogP) is 2.62. The Hall–Kier alpha value is -2.62. The number of hydrogen-bond donors (Lipinski definition) is 1. The van der Waals surface area contributed by atoms with Crippen molar-refractivity contribution in [2.24, 2.45) is 0 Å². The van der Waals surface area contributed by atoms with Crippen LogP contribution in [0.3, 0.4) is 0 Å². The van der Waals surface area contributed by atoms with E-state index in [-0.39, 0.29) is 11.8 Å². The van der Waals surface area contributed by atoms with Gasteiger partial charge in [-0.3, -0.25) is 9.59 Å². The number of amides is 2. The Labute approximate surface area is 136 Å². The van der Waals surface area contributed by atoms with Crippen LogP contribution in [-0.2, 0) is 4.79 Å². The Morgan fingerprint density at radius 3 is 2.65 bits per heavy atom. The smallest absolute Gasteiger partial charge is 0.254 e. The number of benzene rings is 2. The molecule has 1 N–H and O–H groups in total. The van der Waals surface area contributed by atoms with Crippen LogP contribution in [0.5, 0.6) is 0 Å². The molecular formula is C19H20N2O2. The predicted molar refractivity (Wildman–Crippen MR) is 89.1 cm³/mol. The van der Waals surface area contributed by atoms with Crippen LogP contribution in [-0.4, -0.2) is 29.8 Å². The highest BCUT2D eigenvalue weighted by molar-refractivity contribution is 5.98. The largest absolute Gasteiger partial charge is 0.352 e. The molecule has 4 nitrogen and oxygen atoms in total. The summed E-state index contributed by atoms with van der Waals surface area (Å²) in [5.41, 5.74) is 3.55. The molecule has 1 fully saturated rings. The quantitative estimate of drug-likeness (QED) is 0.927. The van der Waals surface area contributed by atoms with E-state index in [4.69, 9.17) is 0 Å². The second-order valence-electron chi connectivity index (χ2n) is 5.92. The van der Waals surface area contributed by atoms with Gasteiger partial charge in [0.25, 0.3) is 5.91 Å². The molecule has 1 atom stereocenters. The lowest BCUT2D eigenvalue weighted by Crippen LogP contribution is -2.52. The number of piperazine rings is 1. The second kappa shape index (κ2) is 6.24. The molecule has 1 aliphatic rings. The van der Waals surface area contributed by atoms with Gasteiger partial charge in [-0.2, -0.15) is 0 Å². The number of nitrogens with one attached hydrogen (secondary N) is 1. The van der Waals surface area contributed by atoms with Crippen LogP contribution >= 0.6 is 0 Å². The molecule has 1 unspecified atom stereocenters. The van der Waals surface area contributed by atoms with Crippen molar-refractivity contribution in [1.29, 1.82) is 0 Å². The summed E-state index contributed by atoms with van der Waals surface area (Å²) in [4.78, 5) is 27.1. The molecule has 0 saturated carbocycles. The zero-order chi connectivity index (χ0) is 16.4. The molecule has 2 aromatic rings. The molecule has 0 aliphatic carbocycles. The van der Waals surface area contributed by atoms with Crippen molar-refractivity contribution in [3.05, 3.63) is 70.8 Å². The molecule has 0 radical (unpaired) electrons. The first-order valence-electron chi connectivity index (χ1n) is 7.79. The standard InChI is InChI=1S/C19H20N2O2/c1-13-6-5-8-15(12-13)19(23)21-11-10-20-18(22)17(21)16-9-4-3-7-14(16)2/h3-9,12,17H,10-11H2,1-2H3,(H,20,22). The average molecular weight is 308 g/mol. The Morgan fingerprint density at radius 2 is 1.91 bits per heavy atom. The molecule has 23 heavy (non-hydrogen) atoms. The van der Waals surface area contributed by atoms with E-state index in [1.807, 2.05) is 56.3 Å². The molecule has 3 rings (SSSR count). The van der Waals surface area contributed by atoms with Gasteiger partial charge in [-0.25, -0.2) is 0 Å². The van der Waals surface area contributed by atoms with Crippen LogP contribution in [0.4, 0.5) is 0 Å². The van der Waals surface area contributed by atoms with Crippen molar-refractivity contribution in [3.63, 3.8) is 0 Å². The fourth-order valence-corrected chi connectivity index (χ4v) is 3.03. The van der Waals surface area contributed by atoms with Crippen LogP contribution in [0.25, 0.3) is 0 Å². The third-order valence-electron chi connectivity index (χ3n) is 4.22. The minimum Gasteiger partial charge on any atom is -0.352 e. The number of aryl methyl sites for hydroxylation is 2. The summed E-state index contributed by atoms with van der Waals surface area (Å²) in [6, 6.07) is 14.6. The summed E-state index contributed by atoms with van der Waals surface area (Å²) in [6.45, 7) is 4.92. The Kier molecular flexibility index (Phi) is 4.15. The van der Waals surface area contributed by atoms with E-state index in [1.165, 1.54) is 0 Å². The molecule has 0 bridgehead atoms. The topological polar surface area (TPSA) is 49.4 Å². The lowest BCUT2D eigenvalue weighted by Gasteiger charge is -2.36. The fourth-order valence-electron chi connectivity index (χ4n) is 3.03. The Balaban J connectivity index is 2.00. The van der Waals surface area contributed by atoms with E-state index in [0.717, 1.165) is 16.7 Å². The number of carbonyl (C=O) groups excluding carboxylic acids is 2. The zero-order valence-corrected chi connectivity index (χ0v) is 13.4. The van der Waals surface area contributed by atoms with Crippen LogP contribution in [0, 0.1) is 13.8 Å². The van der Waals surface area contributed by atoms with Crippen molar-refractivity contribution < 1.29 is 9.59 Å². The normalized spacial score (nSPS) is 17.7. The maximum Gasteiger partial charge on any atom is 0.254 e. The molecule has 2 amide bonds. The average Bonchev–Trinajstić information content (AvgIpc) is 2.55. The second-order valence-corrected chi connectivity index (χ2v) is 5.92. The maximum absolute atomic E-state index is 12.9. The van der Waals surface area contributed by atoms with E-state index in [9.17, 15) is 9.59 Å². The first kappa shape index (κ1) is 15.3. The van der Waals surface area contributed by atoms with Crippen molar-refractivity contribution in [2.45, 2.75) is 19.9 Å². The molecule has 2 aromatic carbocycles. The highest BCUT2D eigenvalue weighted by Crippen LogP contribution is 2.27. The van der Waals surface area contributed by atoms with Crippen LogP contribution in [0.1, 0.15) is 33.1 Å². The van der Waals surface area contributed by atoms with Gasteiger partial charge in [0.2, 0.25) is 5.91 Å². The summed E-state index contributed by atoms with van der Waals surface area (Å²) in [5, 5.41) is 2.87. The van der Waals surface area contributed by atoms with E-state index in [0.29, 0.717) is 18.7 Å². The lowest BCUT2D eigenvalue weighted by molar-refractivity contribution is -0.128. The summed E-state index contributed by atoms with van der Waals surface area (Å²) < 4.78 is 0. The van der Waals surface area contributed by atoms with Gasteiger partial charge in [0.05, 0.1) is 0 Å². The Morgan fingerprint density at radius 1 is 1.13 bits per heavy atom. The van der Waals surface area contributed by atoms with Gasteiger partial charge in [-0.1, -0.05) is 42.0 Å². The van der Waals surface area contributed by atoms with E-state index in [1.54, 1.807) is 11.0 Å². The minimum absolute atomic E-state index is 0.100. The fraction of sp³-hybridized carbons (Fsp3) is 0.263. The Bertz CT molecular complexity index is 755. The van der Waals surface area contributed by atoms with Crippen molar-refractivity contribution in [1.82, 2.24) is 10.2 Å². The van der Waals surface area contributed by atoms with Crippen LogP contribution < -0.4 is 5.32 Å². The minimum atomic E-state index is -0.571.